The number of pyridine rings is 1. The van der Waals surface area contributed by atoms with Gasteiger partial charge in [-0.05, 0) is 42.7 Å². The number of alkyl halides is 1. The average molecular weight is 286 g/mol. The third-order valence-corrected chi connectivity index (χ3v) is 3.66. The number of imidazole rings is 1. The van der Waals surface area contributed by atoms with Crippen molar-refractivity contribution in [3.05, 3.63) is 53.5 Å². The van der Waals surface area contributed by atoms with E-state index in [4.69, 9.17) is 11.6 Å². The number of fused-ring (bicyclic) bond motifs is 1. The van der Waals surface area contributed by atoms with Crippen LogP contribution in [0.3, 0.4) is 0 Å². The Morgan fingerprint density at radius 2 is 1.95 bits per heavy atom. The lowest BCUT2D eigenvalue weighted by molar-refractivity contribution is 0.967. The first-order valence-corrected chi connectivity index (χ1v) is 7.25. The monoisotopic (exact) mass is 285 g/mol. The summed E-state index contributed by atoms with van der Waals surface area (Å²) in [5.74, 6) is 1.19. The molecule has 0 radical (unpaired) electrons. The van der Waals surface area contributed by atoms with Crippen LogP contribution in [0.2, 0.25) is 0 Å². The van der Waals surface area contributed by atoms with Crippen molar-refractivity contribution in [2.75, 3.05) is 0 Å². The van der Waals surface area contributed by atoms with Gasteiger partial charge in [-0.2, -0.15) is 0 Å². The van der Waals surface area contributed by atoms with E-state index >= 15 is 0 Å². The lowest BCUT2D eigenvalue weighted by Gasteiger charge is -2.08. The van der Waals surface area contributed by atoms with E-state index in [9.17, 15) is 0 Å². The molecule has 2 aromatic heterocycles. The van der Waals surface area contributed by atoms with Gasteiger partial charge in [-0.25, -0.2) is 9.97 Å². The maximum atomic E-state index is 6.04. The maximum Gasteiger partial charge on any atom is 0.164 e. The Hall–Kier alpha value is -1.87. The van der Waals surface area contributed by atoms with E-state index in [-0.39, 0.29) is 0 Å². The summed E-state index contributed by atoms with van der Waals surface area (Å²) < 4.78 is 2.03. The highest BCUT2D eigenvalue weighted by molar-refractivity contribution is 6.16. The molecule has 0 aliphatic rings. The fourth-order valence-electron chi connectivity index (χ4n) is 2.35. The van der Waals surface area contributed by atoms with Gasteiger partial charge < -0.3 is 0 Å². The number of halogens is 1. The second kappa shape index (κ2) is 5.25. The molecule has 102 valence electrons. The summed E-state index contributed by atoms with van der Waals surface area (Å²) in [6.07, 6.45) is 2.89. The summed E-state index contributed by atoms with van der Waals surface area (Å²) in [5, 5.41) is 0. The van der Waals surface area contributed by atoms with Crippen molar-refractivity contribution in [2.45, 2.75) is 26.1 Å². The van der Waals surface area contributed by atoms with Gasteiger partial charge >= 0.3 is 0 Å². The van der Waals surface area contributed by atoms with Gasteiger partial charge in [0.2, 0.25) is 0 Å². The quantitative estimate of drug-likeness (QED) is 0.680. The van der Waals surface area contributed by atoms with Crippen LogP contribution in [0.25, 0.3) is 16.9 Å². The molecule has 3 aromatic rings. The topological polar surface area (TPSA) is 30.7 Å². The number of hydrogen-bond donors (Lipinski definition) is 0. The molecule has 0 unspecified atom stereocenters. The summed E-state index contributed by atoms with van der Waals surface area (Å²) in [7, 11) is 0. The molecule has 3 nitrogen and oxygen atoms in total. The van der Waals surface area contributed by atoms with Crippen LogP contribution in [0.5, 0.6) is 0 Å². The summed E-state index contributed by atoms with van der Waals surface area (Å²) in [6.45, 7) is 4.16. The van der Waals surface area contributed by atoms with Crippen molar-refractivity contribution in [1.29, 1.82) is 0 Å². The second-order valence-corrected chi connectivity index (χ2v) is 5.14. The summed E-state index contributed by atoms with van der Waals surface area (Å²) in [6, 6.07) is 10.5. The van der Waals surface area contributed by atoms with E-state index in [1.807, 2.05) is 23.8 Å². The number of aromatic nitrogens is 3. The molecule has 0 amide bonds. The molecule has 3 rings (SSSR count). The van der Waals surface area contributed by atoms with E-state index in [0.29, 0.717) is 5.88 Å². The third-order valence-electron chi connectivity index (χ3n) is 3.43. The van der Waals surface area contributed by atoms with Crippen LogP contribution >= 0.6 is 11.6 Å². The molecule has 2 heterocycles. The Balaban J connectivity index is 2.22. The zero-order valence-corrected chi connectivity index (χ0v) is 12.4. The van der Waals surface area contributed by atoms with Crippen molar-refractivity contribution in [3.63, 3.8) is 0 Å². The van der Waals surface area contributed by atoms with Gasteiger partial charge in [-0.15, -0.1) is 11.6 Å². The minimum Gasteiger partial charge on any atom is -0.280 e. The lowest BCUT2D eigenvalue weighted by Crippen LogP contribution is -2.00. The Kier molecular flexibility index (Phi) is 3.45. The fraction of sp³-hybridized carbons (Fsp3) is 0.250. The van der Waals surface area contributed by atoms with Crippen molar-refractivity contribution in [3.8, 4) is 5.69 Å². The fourth-order valence-corrected chi connectivity index (χ4v) is 2.53. The molecule has 0 aliphatic heterocycles. The zero-order chi connectivity index (χ0) is 14.1. The Bertz CT molecular complexity index is 744. The summed E-state index contributed by atoms with van der Waals surface area (Å²) >= 11 is 6.04. The predicted molar refractivity (Wildman–Crippen MR) is 82.5 cm³/mol. The van der Waals surface area contributed by atoms with E-state index in [2.05, 4.69) is 41.2 Å². The highest BCUT2D eigenvalue weighted by atomic mass is 35.5. The molecule has 0 fully saturated rings. The number of aryl methyl sites for hydroxylation is 2. The second-order valence-electron chi connectivity index (χ2n) is 4.87. The summed E-state index contributed by atoms with van der Waals surface area (Å²) in [5.41, 5.74) is 5.21. The van der Waals surface area contributed by atoms with Crippen LogP contribution in [0.4, 0.5) is 0 Å². The first kappa shape index (κ1) is 13.1. The van der Waals surface area contributed by atoms with Gasteiger partial charge in [0.1, 0.15) is 11.3 Å². The first-order chi connectivity index (χ1) is 9.72. The van der Waals surface area contributed by atoms with Gasteiger partial charge in [0.05, 0.1) is 5.88 Å². The molecule has 0 bridgehead atoms. The molecular weight excluding hydrogens is 270 g/mol. The van der Waals surface area contributed by atoms with E-state index in [0.717, 1.165) is 34.7 Å². The molecular formula is C16H16ClN3. The smallest absolute Gasteiger partial charge is 0.164 e. The standard InChI is InChI=1S/C16H16ClN3/c1-3-12-4-6-13(7-5-12)20-15(9-17)19-14-8-11(2)10-18-16(14)20/h4-8,10H,3,9H2,1-2H3. The van der Waals surface area contributed by atoms with Gasteiger partial charge in [-0.3, -0.25) is 4.57 Å². The number of rotatable bonds is 3. The molecule has 0 saturated carbocycles. The van der Waals surface area contributed by atoms with Crippen molar-refractivity contribution in [1.82, 2.24) is 14.5 Å². The molecule has 0 N–H and O–H groups in total. The molecule has 20 heavy (non-hydrogen) atoms. The molecule has 4 heteroatoms. The lowest BCUT2D eigenvalue weighted by atomic mass is 10.1. The maximum absolute atomic E-state index is 6.04. The number of nitrogens with zero attached hydrogens (tertiary/aromatic N) is 3. The SMILES string of the molecule is CCc1ccc(-n2c(CCl)nc3cc(C)cnc32)cc1. The van der Waals surface area contributed by atoms with Crippen LogP contribution in [0, 0.1) is 6.92 Å². The van der Waals surface area contributed by atoms with Gasteiger partial charge in [0.25, 0.3) is 0 Å². The van der Waals surface area contributed by atoms with E-state index in [1.165, 1.54) is 5.56 Å². The van der Waals surface area contributed by atoms with E-state index in [1.54, 1.807) is 0 Å². The Morgan fingerprint density at radius 1 is 1.20 bits per heavy atom. The average Bonchev–Trinajstić information content (AvgIpc) is 2.84. The van der Waals surface area contributed by atoms with Crippen LogP contribution < -0.4 is 0 Å². The molecule has 0 atom stereocenters. The number of benzene rings is 1. The molecule has 1 aromatic carbocycles. The molecule has 0 spiro atoms. The largest absolute Gasteiger partial charge is 0.280 e. The van der Waals surface area contributed by atoms with Crippen LogP contribution in [0.15, 0.2) is 36.5 Å². The van der Waals surface area contributed by atoms with Crippen molar-refractivity contribution >= 4 is 22.8 Å². The molecule has 0 aliphatic carbocycles. The van der Waals surface area contributed by atoms with Crippen LogP contribution in [-0.2, 0) is 12.3 Å². The van der Waals surface area contributed by atoms with Crippen LogP contribution in [0.1, 0.15) is 23.9 Å². The first-order valence-electron chi connectivity index (χ1n) is 6.72. The number of hydrogen-bond acceptors (Lipinski definition) is 2. The third kappa shape index (κ3) is 2.18. The predicted octanol–water partition coefficient (Wildman–Crippen LogP) is 4.03. The highest BCUT2D eigenvalue weighted by Gasteiger charge is 2.12. The summed E-state index contributed by atoms with van der Waals surface area (Å²) in [4.78, 5) is 9.09. The van der Waals surface area contributed by atoms with Gasteiger partial charge in [0.15, 0.2) is 5.65 Å². The Morgan fingerprint density at radius 3 is 2.60 bits per heavy atom. The van der Waals surface area contributed by atoms with Gasteiger partial charge in [-0.1, -0.05) is 19.1 Å². The van der Waals surface area contributed by atoms with Gasteiger partial charge in [0, 0.05) is 11.9 Å². The van der Waals surface area contributed by atoms with Crippen molar-refractivity contribution < 1.29 is 0 Å². The minimum atomic E-state index is 0.366. The van der Waals surface area contributed by atoms with E-state index < -0.39 is 0 Å². The Labute approximate surface area is 123 Å². The van der Waals surface area contributed by atoms with Crippen LogP contribution in [-0.4, -0.2) is 14.5 Å². The van der Waals surface area contributed by atoms with Crippen molar-refractivity contribution in [2.24, 2.45) is 0 Å². The molecule has 0 saturated heterocycles. The normalized spacial score (nSPS) is 11.2. The minimum absolute atomic E-state index is 0.366. The zero-order valence-electron chi connectivity index (χ0n) is 11.6. The highest BCUT2D eigenvalue weighted by Crippen LogP contribution is 2.22.